The molecule has 0 aliphatic carbocycles. The maximum absolute atomic E-state index is 13.1. The fourth-order valence-electron chi connectivity index (χ4n) is 2.18. The minimum atomic E-state index is -1.05. The second kappa shape index (κ2) is 7.52. The lowest BCUT2D eigenvalue weighted by Gasteiger charge is -2.09. The van der Waals surface area contributed by atoms with E-state index in [2.05, 4.69) is 20.6 Å². The van der Waals surface area contributed by atoms with Gasteiger partial charge in [0.1, 0.15) is 18.0 Å². The fourth-order valence-corrected chi connectivity index (χ4v) is 2.18. The highest BCUT2D eigenvalue weighted by molar-refractivity contribution is 5.94. The van der Waals surface area contributed by atoms with Gasteiger partial charge in [0.25, 0.3) is 5.91 Å². The molecule has 1 aromatic carbocycles. The number of hydrogen-bond acceptors (Lipinski definition) is 4. The molecule has 0 bridgehead atoms. The highest BCUT2D eigenvalue weighted by Crippen LogP contribution is 2.09. The van der Waals surface area contributed by atoms with Crippen molar-refractivity contribution in [2.45, 2.75) is 0 Å². The summed E-state index contributed by atoms with van der Waals surface area (Å²) in [4.78, 5) is 20.1. The number of carbonyl (C=O) groups is 1. The normalized spacial score (nSPS) is 10.5. The van der Waals surface area contributed by atoms with Crippen molar-refractivity contribution in [3.05, 3.63) is 72.3 Å². The first-order valence-corrected chi connectivity index (χ1v) is 7.56. The Balaban J connectivity index is 1.51. The largest absolute Gasteiger partial charge is 0.368 e. The van der Waals surface area contributed by atoms with Crippen LogP contribution in [0, 0.1) is 11.6 Å². The molecule has 8 heteroatoms. The fraction of sp³-hybridized carbons (Fsp3) is 0.118. The van der Waals surface area contributed by atoms with E-state index in [-0.39, 0.29) is 5.56 Å². The third kappa shape index (κ3) is 4.17. The summed E-state index contributed by atoms with van der Waals surface area (Å²) >= 11 is 0. The van der Waals surface area contributed by atoms with Crippen LogP contribution in [0.4, 0.5) is 14.6 Å². The summed E-state index contributed by atoms with van der Waals surface area (Å²) in [6.45, 7) is 0.707. The number of carbonyl (C=O) groups excluding carboxylic acids is 1. The monoisotopic (exact) mass is 343 g/mol. The summed E-state index contributed by atoms with van der Waals surface area (Å²) < 4.78 is 27.8. The molecular formula is C17H15F2N5O. The molecule has 0 spiro atoms. The van der Waals surface area contributed by atoms with Crippen molar-refractivity contribution in [3.63, 3.8) is 0 Å². The minimum Gasteiger partial charge on any atom is -0.368 e. The van der Waals surface area contributed by atoms with Gasteiger partial charge in [-0.15, -0.1) is 0 Å². The van der Waals surface area contributed by atoms with E-state index in [0.29, 0.717) is 24.7 Å². The Morgan fingerprint density at radius 3 is 2.60 bits per heavy atom. The molecule has 2 heterocycles. The summed E-state index contributed by atoms with van der Waals surface area (Å²) in [5.41, 5.74) is 0.0656. The van der Waals surface area contributed by atoms with Crippen LogP contribution in [0.25, 0.3) is 5.82 Å². The number of benzene rings is 1. The highest BCUT2D eigenvalue weighted by Gasteiger charge is 2.09. The van der Waals surface area contributed by atoms with Crippen LogP contribution in [0.15, 0.2) is 55.1 Å². The standard InChI is InChI=1S/C17H15F2N5O/c18-13-4-3-12(9-14(13)19)17(25)21-6-5-20-15-10-16(23-11-22-15)24-7-1-2-8-24/h1-4,7-11H,5-6H2,(H,21,25)(H,20,22,23). The van der Waals surface area contributed by atoms with Crippen LogP contribution in [0.3, 0.4) is 0 Å². The predicted octanol–water partition coefficient (Wildman–Crippen LogP) is 2.39. The second-order valence-corrected chi connectivity index (χ2v) is 5.16. The van der Waals surface area contributed by atoms with Crippen molar-refractivity contribution in [1.29, 1.82) is 0 Å². The van der Waals surface area contributed by atoms with Crippen molar-refractivity contribution in [2.75, 3.05) is 18.4 Å². The predicted molar refractivity (Wildman–Crippen MR) is 88.5 cm³/mol. The molecule has 1 amide bonds. The molecule has 2 aromatic heterocycles. The summed E-state index contributed by atoms with van der Waals surface area (Å²) in [7, 11) is 0. The van der Waals surface area contributed by atoms with Crippen LogP contribution < -0.4 is 10.6 Å². The molecule has 25 heavy (non-hydrogen) atoms. The van der Waals surface area contributed by atoms with E-state index in [1.165, 1.54) is 12.4 Å². The molecule has 3 aromatic rings. The first-order valence-electron chi connectivity index (χ1n) is 7.56. The molecule has 128 valence electrons. The Labute approximate surface area is 142 Å². The van der Waals surface area contributed by atoms with Crippen molar-refractivity contribution < 1.29 is 13.6 Å². The molecule has 2 N–H and O–H groups in total. The number of anilines is 1. The third-order valence-electron chi connectivity index (χ3n) is 3.42. The maximum atomic E-state index is 13.1. The van der Waals surface area contributed by atoms with E-state index in [9.17, 15) is 13.6 Å². The highest BCUT2D eigenvalue weighted by atomic mass is 19.2. The zero-order valence-corrected chi connectivity index (χ0v) is 13.1. The first kappa shape index (κ1) is 16.6. The van der Waals surface area contributed by atoms with E-state index in [4.69, 9.17) is 0 Å². The topological polar surface area (TPSA) is 71.8 Å². The molecule has 0 saturated heterocycles. The number of nitrogens with zero attached hydrogens (tertiary/aromatic N) is 3. The van der Waals surface area contributed by atoms with Gasteiger partial charge in [0.15, 0.2) is 11.6 Å². The second-order valence-electron chi connectivity index (χ2n) is 5.16. The SMILES string of the molecule is O=C(NCCNc1cc(-n2cccc2)ncn1)c1ccc(F)c(F)c1. The van der Waals surface area contributed by atoms with Gasteiger partial charge < -0.3 is 15.2 Å². The van der Waals surface area contributed by atoms with Crippen molar-refractivity contribution >= 4 is 11.7 Å². The van der Waals surface area contributed by atoms with Gasteiger partial charge in [-0.05, 0) is 30.3 Å². The summed E-state index contributed by atoms with van der Waals surface area (Å²) in [6, 6.07) is 8.58. The molecular weight excluding hydrogens is 328 g/mol. The van der Waals surface area contributed by atoms with Gasteiger partial charge >= 0.3 is 0 Å². The lowest BCUT2D eigenvalue weighted by Crippen LogP contribution is -2.29. The summed E-state index contributed by atoms with van der Waals surface area (Å²) in [5, 5.41) is 5.68. The van der Waals surface area contributed by atoms with Gasteiger partial charge in [-0.25, -0.2) is 18.7 Å². The smallest absolute Gasteiger partial charge is 0.251 e. The third-order valence-corrected chi connectivity index (χ3v) is 3.42. The molecule has 0 saturated carbocycles. The number of halogens is 2. The number of hydrogen-bond donors (Lipinski definition) is 2. The van der Waals surface area contributed by atoms with Crippen LogP contribution in [-0.2, 0) is 0 Å². The summed E-state index contributed by atoms with van der Waals surface area (Å²) in [5.74, 6) is -1.18. The van der Waals surface area contributed by atoms with Crippen molar-refractivity contribution in [3.8, 4) is 5.82 Å². The van der Waals surface area contributed by atoms with Gasteiger partial charge in [-0.3, -0.25) is 4.79 Å². The lowest BCUT2D eigenvalue weighted by molar-refractivity contribution is 0.0954. The Kier molecular flexibility index (Phi) is 4.98. The van der Waals surface area contributed by atoms with Gasteiger partial charge in [0, 0.05) is 37.1 Å². The van der Waals surface area contributed by atoms with E-state index >= 15 is 0 Å². The zero-order valence-electron chi connectivity index (χ0n) is 13.1. The molecule has 0 aliphatic rings. The molecule has 0 atom stereocenters. The number of rotatable bonds is 6. The Hall–Kier alpha value is -3.29. The minimum absolute atomic E-state index is 0.0656. The first-order chi connectivity index (χ1) is 12.1. The molecule has 0 fully saturated rings. The van der Waals surface area contributed by atoms with Crippen molar-refractivity contribution in [2.24, 2.45) is 0 Å². The van der Waals surface area contributed by atoms with E-state index < -0.39 is 17.5 Å². The van der Waals surface area contributed by atoms with Gasteiger partial charge in [0.2, 0.25) is 0 Å². The maximum Gasteiger partial charge on any atom is 0.251 e. The van der Waals surface area contributed by atoms with Gasteiger partial charge in [0.05, 0.1) is 0 Å². The van der Waals surface area contributed by atoms with Crippen LogP contribution >= 0.6 is 0 Å². The summed E-state index contributed by atoms with van der Waals surface area (Å²) in [6.07, 6.45) is 5.18. The lowest BCUT2D eigenvalue weighted by atomic mass is 10.2. The average molecular weight is 343 g/mol. The zero-order chi connectivity index (χ0) is 17.6. The van der Waals surface area contributed by atoms with E-state index in [1.54, 1.807) is 6.07 Å². The number of nitrogens with one attached hydrogen (secondary N) is 2. The Morgan fingerprint density at radius 1 is 1.04 bits per heavy atom. The quantitative estimate of drug-likeness (QED) is 0.674. The van der Waals surface area contributed by atoms with Crippen LogP contribution in [0.5, 0.6) is 0 Å². The molecule has 0 radical (unpaired) electrons. The van der Waals surface area contributed by atoms with Gasteiger partial charge in [-0.1, -0.05) is 0 Å². The van der Waals surface area contributed by atoms with Crippen LogP contribution in [-0.4, -0.2) is 33.5 Å². The molecule has 3 rings (SSSR count). The number of aromatic nitrogens is 3. The average Bonchev–Trinajstić information content (AvgIpc) is 3.16. The van der Waals surface area contributed by atoms with Crippen LogP contribution in [0.2, 0.25) is 0 Å². The van der Waals surface area contributed by atoms with Gasteiger partial charge in [-0.2, -0.15) is 0 Å². The van der Waals surface area contributed by atoms with E-state index in [0.717, 1.165) is 12.1 Å². The molecule has 6 nitrogen and oxygen atoms in total. The Bertz CT molecular complexity index is 867. The van der Waals surface area contributed by atoms with Crippen molar-refractivity contribution in [1.82, 2.24) is 19.9 Å². The Morgan fingerprint density at radius 2 is 1.84 bits per heavy atom. The van der Waals surface area contributed by atoms with Crippen LogP contribution in [0.1, 0.15) is 10.4 Å². The number of amides is 1. The molecule has 0 aliphatic heterocycles. The van der Waals surface area contributed by atoms with E-state index in [1.807, 2.05) is 29.1 Å². The molecule has 0 unspecified atom stereocenters.